The minimum absolute atomic E-state index is 0. The van der Waals surface area contributed by atoms with Crippen LogP contribution in [0.2, 0.25) is 0 Å². The van der Waals surface area contributed by atoms with Crippen molar-refractivity contribution >= 4 is 0 Å². The van der Waals surface area contributed by atoms with Gasteiger partial charge in [-0.05, 0) is 6.92 Å². The Kier molecular flexibility index (Phi) is 9.45. The number of aromatic amines is 1. The van der Waals surface area contributed by atoms with Gasteiger partial charge in [0.05, 0.1) is 0 Å². The summed E-state index contributed by atoms with van der Waals surface area (Å²) in [5, 5.41) is 0. The fourth-order valence-electron chi connectivity index (χ4n) is 0.344. The van der Waals surface area contributed by atoms with Crippen LogP contribution in [0.1, 0.15) is 5.82 Å². The zero-order valence-corrected chi connectivity index (χ0v) is 10.9. The van der Waals surface area contributed by atoms with Gasteiger partial charge in [0.2, 0.25) is 0 Å². The molecule has 0 fully saturated rings. The van der Waals surface area contributed by atoms with Crippen molar-refractivity contribution in [2.24, 2.45) is 0 Å². The van der Waals surface area contributed by atoms with Gasteiger partial charge in [-0.3, -0.25) is 0 Å². The van der Waals surface area contributed by atoms with Crippen molar-refractivity contribution in [2.75, 3.05) is 0 Å². The molecule has 1 aromatic heterocycles. The smallest absolute Gasteiger partial charge is 0.102 e. The van der Waals surface area contributed by atoms with Crippen LogP contribution in [0.4, 0.5) is 0 Å². The molecule has 38 valence electrons. The average Bonchev–Trinajstić information content (AvgIpc) is 1.86. The summed E-state index contributed by atoms with van der Waals surface area (Å²) in [5.74, 6) is 0.968. The second-order valence-corrected chi connectivity index (χ2v) is 1.17. The van der Waals surface area contributed by atoms with Gasteiger partial charge >= 0.3 is 0 Å². The number of imidazole rings is 1. The van der Waals surface area contributed by atoms with Crippen molar-refractivity contribution in [3.63, 3.8) is 0 Å². The summed E-state index contributed by atoms with van der Waals surface area (Å²) in [4.78, 5) is 6.75. The Hall–Kier alpha value is 1.21. The Morgan fingerprint density at radius 3 is 2.38 bits per heavy atom. The molecule has 2 nitrogen and oxygen atoms in total. The van der Waals surface area contributed by atoms with Crippen LogP contribution in [-0.2, 0) is 19.5 Å². The molecule has 1 N–H and O–H groups in total. The quantitative estimate of drug-likeness (QED) is 0.700. The van der Waals surface area contributed by atoms with E-state index >= 15 is 0 Å². The van der Waals surface area contributed by atoms with Crippen LogP contribution in [0, 0.1) is 48.7 Å². The first-order chi connectivity index (χ1) is 2.89. The maximum absolute atomic E-state index is 3.86. The molecule has 0 aliphatic carbocycles. The second kappa shape index (κ2) is 6.33. The summed E-state index contributed by atoms with van der Waals surface area (Å²) in [6.45, 7) is 1.92. The molecule has 0 radical (unpaired) electrons. The van der Waals surface area contributed by atoms with E-state index in [-0.39, 0.29) is 61.2 Å². The van der Waals surface area contributed by atoms with E-state index in [9.17, 15) is 0 Å². The van der Waals surface area contributed by atoms with Crippen molar-refractivity contribution < 1.29 is 61.2 Å². The molecule has 0 spiro atoms. The van der Waals surface area contributed by atoms with E-state index in [4.69, 9.17) is 0 Å². The Morgan fingerprint density at radius 1 is 1.62 bits per heavy atom. The molecule has 0 saturated carbocycles. The van der Waals surface area contributed by atoms with Gasteiger partial charge in [0, 0.05) is 73.6 Å². The number of hydrogen-bond acceptors (Lipinski definition) is 1. The summed E-state index contributed by atoms with van der Waals surface area (Å²) in [6, 6.07) is 0. The predicted octanol–water partition coefficient (Wildman–Crippen LogP) is 0.716. The Bertz CT molecular complexity index is 118. The van der Waals surface area contributed by atoms with E-state index in [1.165, 1.54) is 0 Å². The van der Waals surface area contributed by atoms with Crippen molar-refractivity contribution in [3.05, 3.63) is 18.2 Å². The molecule has 4 heteroatoms. The predicted molar refractivity (Wildman–Crippen MR) is 23.3 cm³/mol. The molecule has 0 saturated heterocycles. The van der Waals surface area contributed by atoms with E-state index in [1.807, 2.05) is 6.92 Å². The van der Waals surface area contributed by atoms with Gasteiger partial charge < -0.3 is 4.98 Å². The molecule has 8 heavy (non-hydrogen) atoms. The summed E-state index contributed by atoms with van der Waals surface area (Å²) < 4.78 is 0. The molecule has 0 aliphatic heterocycles. The standard InChI is InChI=1S/C4H6N2.Ce.Zn/c1-4-5-2-3-6-4;;/h2-3H,1H3,(H,5,6);;. The molecule has 0 amide bonds. The average molecular weight is 288 g/mol. The third-order valence-corrected chi connectivity index (χ3v) is 0.635. The molecule has 0 aromatic carbocycles. The molecule has 0 unspecified atom stereocenters. The van der Waals surface area contributed by atoms with Gasteiger partial charge in [0.1, 0.15) is 5.82 Å². The Labute approximate surface area is 95.0 Å². The van der Waals surface area contributed by atoms with Crippen molar-refractivity contribution in [2.45, 2.75) is 6.92 Å². The fourth-order valence-corrected chi connectivity index (χ4v) is 0.344. The molecular weight excluding hydrogens is 282 g/mol. The first kappa shape index (κ1) is 11.9. The maximum Gasteiger partial charge on any atom is 0.102 e. The van der Waals surface area contributed by atoms with Crippen molar-refractivity contribution in [3.8, 4) is 0 Å². The zero-order chi connectivity index (χ0) is 4.41. The van der Waals surface area contributed by atoms with Crippen LogP contribution in [0.3, 0.4) is 0 Å². The number of nitrogens with zero attached hydrogens (tertiary/aromatic N) is 1. The first-order valence-corrected chi connectivity index (χ1v) is 1.85. The van der Waals surface area contributed by atoms with Gasteiger partial charge in [-0.1, -0.05) is 0 Å². The second-order valence-electron chi connectivity index (χ2n) is 1.17. The normalized spacial score (nSPS) is 6.62. The van der Waals surface area contributed by atoms with Crippen molar-refractivity contribution in [1.82, 2.24) is 9.97 Å². The number of nitrogens with one attached hydrogen (secondary N) is 1. The molecular formula is C4H6CeN2Zn. The minimum atomic E-state index is 0. The van der Waals surface area contributed by atoms with Gasteiger partial charge in [-0.25, -0.2) is 4.98 Å². The van der Waals surface area contributed by atoms with Crippen molar-refractivity contribution in [1.29, 1.82) is 0 Å². The molecule has 0 aliphatic rings. The van der Waals surface area contributed by atoms with Crippen LogP contribution in [0.15, 0.2) is 12.4 Å². The molecule has 0 atom stereocenters. The topological polar surface area (TPSA) is 28.7 Å². The monoisotopic (exact) mass is 286 g/mol. The fraction of sp³-hybridized carbons (Fsp3) is 0.250. The van der Waals surface area contributed by atoms with E-state index in [1.54, 1.807) is 12.4 Å². The summed E-state index contributed by atoms with van der Waals surface area (Å²) >= 11 is 0. The van der Waals surface area contributed by atoms with Crippen LogP contribution in [-0.4, -0.2) is 9.97 Å². The number of aryl methyl sites for hydroxylation is 1. The van der Waals surface area contributed by atoms with E-state index in [0.717, 1.165) is 5.82 Å². The minimum Gasteiger partial charge on any atom is -0.349 e. The molecule has 1 heterocycles. The molecule has 1 aromatic rings. The Balaban J connectivity index is 0. The van der Waals surface area contributed by atoms with E-state index < -0.39 is 0 Å². The van der Waals surface area contributed by atoms with Gasteiger partial charge in [-0.15, -0.1) is 0 Å². The number of H-pyrrole nitrogens is 1. The summed E-state index contributed by atoms with van der Waals surface area (Å²) in [5.41, 5.74) is 0. The van der Waals surface area contributed by atoms with Crippen LogP contribution >= 0.6 is 0 Å². The van der Waals surface area contributed by atoms with E-state index in [2.05, 4.69) is 9.97 Å². The van der Waals surface area contributed by atoms with Gasteiger partial charge in [0.25, 0.3) is 0 Å². The third-order valence-electron chi connectivity index (χ3n) is 0.635. The number of rotatable bonds is 0. The van der Waals surface area contributed by atoms with Gasteiger partial charge in [0.15, 0.2) is 0 Å². The summed E-state index contributed by atoms with van der Waals surface area (Å²) in [7, 11) is 0. The van der Waals surface area contributed by atoms with Crippen LogP contribution < -0.4 is 0 Å². The molecule has 1 rings (SSSR count). The number of hydrogen-bond donors (Lipinski definition) is 1. The van der Waals surface area contributed by atoms with Gasteiger partial charge in [-0.2, -0.15) is 0 Å². The largest absolute Gasteiger partial charge is 0.349 e. The number of aromatic nitrogens is 2. The Morgan fingerprint density at radius 2 is 2.25 bits per heavy atom. The molecule has 0 bridgehead atoms. The first-order valence-electron chi connectivity index (χ1n) is 1.85. The SMILES string of the molecule is Cc1ncc[nH]1.[Ce].[Zn]. The maximum atomic E-state index is 3.86. The van der Waals surface area contributed by atoms with E-state index in [0.29, 0.717) is 0 Å². The third kappa shape index (κ3) is 4.13. The summed E-state index contributed by atoms with van der Waals surface area (Å²) in [6.07, 6.45) is 3.53. The van der Waals surface area contributed by atoms with Crippen LogP contribution in [0.25, 0.3) is 0 Å². The van der Waals surface area contributed by atoms with Crippen LogP contribution in [0.5, 0.6) is 0 Å². The zero-order valence-electron chi connectivity index (χ0n) is 4.81.